The van der Waals surface area contributed by atoms with Gasteiger partial charge in [-0.15, -0.1) is 0 Å². The number of nitrogens with zero attached hydrogens (tertiary/aromatic N) is 1. The van der Waals surface area contributed by atoms with Crippen molar-refractivity contribution in [2.75, 3.05) is 19.6 Å². The molecule has 3 atom stereocenters. The highest BCUT2D eigenvalue weighted by Gasteiger charge is 2.56. The predicted molar refractivity (Wildman–Crippen MR) is 84.4 cm³/mol. The maximum atomic E-state index is 10.4. The van der Waals surface area contributed by atoms with Gasteiger partial charge < -0.3 is 9.04 Å². The predicted octanol–water partition coefficient (Wildman–Crippen LogP) is 2.68. The van der Waals surface area contributed by atoms with Gasteiger partial charge in [0.15, 0.2) is 0 Å². The van der Waals surface area contributed by atoms with E-state index in [1.54, 1.807) is 36.0 Å². The Morgan fingerprint density at radius 2 is 1.73 bits per heavy atom. The molecule has 3 fully saturated rings. The molecule has 1 aromatic carbocycles. The first kappa shape index (κ1) is 16.0. The Morgan fingerprint density at radius 1 is 1.05 bits per heavy atom. The van der Waals surface area contributed by atoms with Crippen LogP contribution in [-0.2, 0) is 10.1 Å². The first-order valence-electron chi connectivity index (χ1n) is 8.29. The van der Waals surface area contributed by atoms with Crippen molar-refractivity contribution >= 4 is 10.1 Å². The third kappa shape index (κ3) is 3.07. The fourth-order valence-electron chi connectivity index (χ4n) is 4.61. The molecule has 3 unspecified atom stereocenters. The zero-order chi connectivity index (χ0) is 15.8. The van der Waals surface area contributed by atoms with E-state index in [1.165, 1.54) is 44.5 Å². The zero-order valence-electron chi connectivity index (χ0n) is 13.2. The van der Waals surface area contributed by atoms with Crippen LogP contribution in [0.5, 0.6) is 0 Å². The van der Waals surface area contributed by atoms with E-state index in [9.17, 15) is 13.0 Å². The van der Waals surface area contributed by atoms with Crippen LogP contribution in [0.15, 0.2) is 29.2 Å². The lowest BCUT2D eigenvalue weighted by Crippen LogP contribution is -2.74. The van der Waals surface area contributed by atoms with Gasteiger partial charge in [-0.25, -0.2) is 8.42 Å². The molecule has 3 heterocycles. The highest BCUT2D eigenvalue weighted by molar-refractivity contribution is 7.85. The smallest absolute Gasteiger partial charge is 0.124 e. The van der Waals surface area contributed by atoms with Crippen LogP contribution in [0, 0.1) is 12.8 Å². The second-order valence-corrected chi connectivity index (χ2v) is 8.46. The second kappa shape index (κ2) is 5.95. The molecule has 4 nitrogen and oxygen atoms in total. The Bertz CT molecular complexity index is 614. The molecule has 1 aromatic rings. The van der Waals surface area contributed by atoms with Gasteiger partial charge in [-0.05, 0) is 44.7 Å². The van der Waals surface area contributed by atoms with Crippen molar-refractivity contribution in [1.29, 1.82) is 0 Å². The maximum absolute atomic E-state index is 10.4. The highest BCUT2D eigenvalue weighted by atomic mass is 32.2. The van der Waals surface area contributed by atoms with Crippen molar-refractivity contribution in [2.24, 2.45) is 5.92 Å². The zero-order valence-corrected chi connectivity index (χ0v) is 14.0. The summed E-state index contributed by atoms with van der Waals surface area (Å²) in [5.41, 5.74) is 0.928. The third-order valence-electron chi connectivity index (χ3n) is 5.69. The molecule has 4 rings (SSSR count). The summed E-state index contributed by atoms with van der Waals surface area (Å²) in [5, 5.41) is 0. The Morgan fingerprint density at radius 3 is 2.32 bits per heavy atom. The SMILES string of the molecule is C1CC[N+]23CCCC(C2)C3C1.Cc1ccc(S(=O)(=O)[O-])cc1. The average Bonchev–Trinajstić information content (AvgIpc) is 2.47. The molecule has 0 N–H and O–H groups in total. The topological polar surface area (TPSA) is 57.2 Å². The van der Waals surface area contributed by atoms with Gasteiger partial charge in [-0.3, -0.25) is 0 Å². The molecule has 3 aliphatic rings. The number of benzene rings is 1. The van der Waals surface area contributed by atoms with Crippen LogP contribution in [0.2, 0.25) is 0 Å². The van der Waals surface area contributed by atoms with Gasteiger partial charge in [0.2, 0.25) is 0 Å². The molecule has 1 spiro atoms. The second-order valence-electron chi connectivity index (χ2n) is 7.08. The van der Waals surface area contributed by atoms with Crippen LogP contribution >= 0.6 is 0 Å². The minimum Gasteiger partial charge on any atom is -0.744 e. The van der Waals surface area contributed by atoms with E-state index in [2.05, 4.69) is 0 Å². The van der Waals surface area contributed by atoms with Gasteiger partial charge in [0.25, 0.3) is 0 Å². The van der Waals surface area contributed by atoms with Crippen molar-refractivity contribution in [3.05, 3.63) is 29.8 Å². The first-order valence-corrected chi connectivity index (χ1v) is 9.70. The molecule has 0 aliphatic carbocycles. The largest absolute Gasteiger partial charge is 0.744 e. The van der Waals surface area contributed by atoms with E-state index in [1.807, 2.05) is 6.92 Å². The molecule has 0 amide bonds. The third-order valence-corrected chi connectivity index (χ3v) is 6.54. The van der Waals surface area contributed by atoms with Crippen molar-refractivity contribution in [1.82, 2.24) is 0 Å². The van der Waals surface area contributed by atoms with Crippen LogP contribution in [0.25, 0.3) is 0 Å². The van der Waals surface area contributed by atoms with Gasteiger partial charge >= 0.3 is 0 Å². The molecule has 122 valence electrons. The van der Waals surface area contributed by atoms with Crippen LogP contribution in [0.4, 0.5) is 0 Å². The Hall–Kier alpha value is -0.910. The molecule has 22 heavy (non-hydrogen) atoms. The lowest BCUT2D eigenvalue weighted by molar-refractivity contribution is -1.01. The van der Waals surface area contributed by atoms with E-state index < -0.39 is 10.1 Å². The van der Waals surface area contributed by atoms with E-state index in [0.717, 1.165) is 17.5 Å². The number of rotatable bonds is 1. The standard InChI is InChI=1S/C10H18N.C7H8O3S/c1-2-6-11-7-3-4-9(8-11)10(11)5-1;1-6-2-4-7(5-3-6)11(8,9)10/h9-10H,1-8H2;2-5H,1H3,(H,8,9,10)/q+1;/p-1. The lowest BCUT2D eigenvalue weighted by Gasteiger charge is -2.63. The number of piperidine rings is 3. The van der Waals surface area contributed by atoms with Gasteiger partial charge in [0, 0.05) is 6.42 Å². The van der Waals surface area contributed by atoms with Gasteiger partial charge in [0.1, 0.15) is 10.1 Å². The molecule has 0 radical (unpaired) electrons. The van der Waals surface area contributed by atoms with Crippen molar-refractivity contribution in [3.63, 3.8) is 0 Å². The number of hydrogen-bond donors (Lipinski definition) is 0. The number of hydrogen-bond acceptors (Lipinski definition) is 3. The molecule has 2 bridgehead atoms. The molecular weight excluding hydrogens is 298 g/mol. The van der Waals surface area contributed by atoms with E-state index in [4.69, 9.17) is 0 Å². The summed E-state index contributed by atoms with van der Waals surface area (Å²) in [4.78, 5) is -0.178. The Kier molecular flexibility index (Phi) is 4.32. The summed E-state index contributed by atoms with van der Waals surface area (Å²) < 4.78 is 32.7. The van der Waals surface area contributed by atoms with Crippen molar-refractivity contribution < 1.29 is 17.5 Å². The number of aryl methyl sites for hydroxylation is 1. The molecule has 3 saturated heterocycles. The summed E-state index contributed by atoms with van der Waals surface area (Å²) in [6.45, 7) is 6.44. The summed E-state index contributed by atoms with van der Waals surface area (Å²) in [6.07, 6.45) is 7.70. The summed E-state index contributed by atoms with van der Waals surface area (Å²) >= 11 is 0. The summed E-state index contributed by atoms with van der Waals surface area (Å²) in [5.74, 6) is 1.16. The first-order chi connectivity index (χ1) is 10.4. The quantitative estimate of drug-likeness (QED) is 0.590. The van der Waals surface area contributed by atoms with Gasteiger partial charge in [-0.2, -0.15) is 0 Å². The molecule has 0 aromatic heterocycles. The molecule has 5 heteroatoms. The van der Waals surface area contributed by atoms with E-state index in [0.29, 0.717) is 0 Å². The summed E-state index contributed by atoms with van der Waals surface area (Å²) in [6, 6.07) is 6.92. The Labute approximate surface area is 133 Å². The van der Waals surface area contributed by atoms with Gasteiger partial charge in [-0.1, -0.05) is 17.7 Å². The van der Waals surface area contributed by atoms with Crippen molar-refractivity contribution in [3.8, 4) is 0 Å². The number of fused-ring (bicyclic) bond motifs is 2. The van der Waals surface area contributed by atoms with Crippen LogP contribution < -0.4 is 0 Å². The average molecular weight is 323 g/mol. The Balaban J connectivity index is 0.000000131. The molecule has 0 saturated carbocycles. The monoisotopic (exact) mass is 323 g/mol. The maximum Gasteiger partial charge on any atom is 0.124 e. The minimum absolute atomic E-state index is 0.178. The van der Waals surface area contributed by atoms with Crippen molar-refractivity contribution in [2.45, 2.75) is 50.0 Å². The lowest BCUT2D eigenvalue weighted by atomic mass is 9.72. The van der Waals surface area contributed by atoms with E-state index in [-0.39, 0.29) is 4.90 Å². The fraction of sp³-hybridized carbons (Fsp3) is 0.647. The van der Waals surface area contributed by atoms with Crippen LogP contribution in [0.1, 0.15) is 37.7 Å². The minimum atomic E-state index is -4.27. The van der Waals surface area contributed by atoms with E-state index >= 15 is 0 Å². The van der Waals surface area contributed by atoms with Gasteiger partial charge in [0.05, 0.1) is 36.5 Å². The highest BCUT2D eigenvalue weighted by Crippen LogP contribution is 2.46. The number of quaternary nitrogens is 1. The fourth-order valence-corrected chi connectivity index (χ4v) is 5.08. The van der Waals surface area contributed by atoms with Crippen LogP contribution in [0.3, 0.4) is 0 Å². The molecule has 3 aliphatic heterocycles. The normalized spacial score (nSPS) is 33.0. The van der Waals surface area contributed by atoms with Crippen LogP contribution in [-0.4, -0.2) is 43.1 Å². The molecular formula is C17H25NO3S. The summed E-state index contributed by atoms with van der Waals surface area (Å²) in [7, 11) is -4.27.